The maximum absolute atomic E-state index is 12.0. The van der Waals surface area contributed by atoms with Crippen LogP contribution >= 0.6 is 0 Å². The highest BCUT2D eigenvalue weighted by molar-refractivity contribution is 5.96. The van der Waals surface area contributed by atoms with E-state index in [2.05, 4.69) is 5.32 Å². The third-order valence-electron chi connectivity index (χ3n) is 3.03. The summed E-state index contributed by atoms with van der Waals surface area (Å²) < 4.78 is 0. The number of non-ortho nitro benzene ring substituents is 1. The molecule has 0 fully saturated rings. The molecule has 0 bridgehead atoms. The number of nitrogens with zero attached hydrogens (tertiary/aromatic N) is 1. The second kappa shape index (κ2) is 7.98. The van der Waals surface area contributed by atoms with E-state index in [1.54, 1.807) is 13.0 Å². The Balaban J connectivity index is 2.47. The van der Waals surface area contributed by atoms with Crippen molar-refractivity contribution >= 4 is 17.6 Å². The minimum absolute atomic E-state index is 0.118. The molecule has 21 heavy (non-hydrogen) atoms. The van der Waals surface area contributed by atoms with E-state index in [1.165, 1.54) is 12.1 Å². The number of hydrogen-bond donors (Lipinski definition) is 2. The first-order chi connectivity index (χ1) is 9.91. The van der Waals surface area contributed by atoms with Gasteiger partial charge in [0.1, 0.15) is 0 Å². The van der Waals surface area contributed by atoms with Crippen LogP contribution in [0.5, 0.6) is 0 Å². The van der Waals surface area contributed by atoms with E-state index >= 15 is 0 Å². The Kier molecular flexibility index (Phi) is 6.32. The SMILES string of the molecule is Cc1ccc([N+](=O)[O-])cc1C(=O)NCCCCCC(=O)O. The lowest BCUT2D eigenvalue weighted by Gasteiger charge is -2.07. The second-order valence-electron chi connectivity index (χ2n) is 4.72. The Hall–Kier alpha value is -2.44. The highest BCUT2D eigenvalue weighted by Crippen LogP contribution is 2.17. The largest absolute Gasteiger partial charge is 0.481 e. The van der Waals surface area contributed by atoms with E-state index in [9.17, 15) is 19.7 Å². The van der Waals surface area contributed by atoms with Gasteiger partial charge in [0.2, 0.25) is 0 Å². The molecule has 0 spiro atoms. The summed E-state index contributed by atoms with van der Waals surface area (Å²) in [5.74, 6) is -1.18. The minimum atomic E-state index is -0.828. The zero-order valence-corrected chi connectivity index (χ0v) is 11.8. The number of unbranched alkanes of at least 4 members (excludes halogenated alkanes) is 2. The molecule has 114 valence electrons. The summed E-state index contributed by atoms with van der Waals surface area (Å²) in [6.07, 6.45) is 2.08. The van der Waals surface area contributed by atoms with E-state index in [0.717, 1.165) is 0 Å². The zero-order chi connectivity index (χ0) is 15.8. The number of carboxylic acid groups (broad SMARTS) is 1. The fourth-order valence-electron chi connectivity index (χ4n) is 1.84. The van der Waals surface area contributed by atoms with Crippen molar-refractivity contribution in [3.63, 3.8) is 0 Å². The molecule has 0 saturated heterocycles. The number of aryl methyl sites for hydroxylation is 1. The minimum Gasteiger partial charge on any atom is -0.481 e. The molecule has 2 N–H and O–H groups in total. The van der Waals surface area contributed by atoms with Crippen molar-refractivity contribution in [3.05, 3.63) is 39.4 Å². The van der Waals surface area contributed by atoms with Crippen molar-refractivity contribution in [2.24, 2.45) is 0 Å². The van der Waals surface area contributed by atoms with Crippen molar-refractivity contribution in [1.29, 1.82) is 0 Å². The van der Waals surface area contributed by atoms with Gasteiger partial charge in [0, 0.05) is 30.7 Å². The fraction of sp³-hybridized carbons (Fsp3) is 0.429. The molecular weight excluding hydrogens is 276 g/mol. The molecule has 7 heteroatoms. The average molecular weight is 294 g/mol. The molecule has 0 heterocycles. The molecular formula is C14H18N2O5. The van der Waals surface area contributed by atoms with Gasteiger partial charge in [0.15, 0.2) is 0 Å². The Morgan fingerprint density at radius 2 is 2.00 bits per heavy atom. The number of carbonyl (C=O) groups is 2. The van der Waals surface area contributed by atoms with Crippen molar-refractivity contribution in [2.75, 3.05) is 6.54 Å². The lowest BCUT2D eigenvalue weighted by Crippen LogP contribution is -2.25. The molecule has 0 radical (unpaired) electrons. The predicted molar refractivity (Wildman–Crippen MR) is 76.3 cm³/mol. The number of rotatable bonds is 8. The summed E-state index contributed by atoms with van der Waals surface area (Å²) in [6.45, 7) is 2.13. The summed E-state index contributed by atoms with van der Waals surface area (Å²) in [7, 11) is 0. The van der Waals surface area contributed by atoms with Crippen LogP contribution in [0.3, 0.4) is 0 Å². The monoisotopic (exact) mass is 294 g/mol. The maximum Gasteiger partial charge on any atom is 0.303 e. The first-order valence-corrected chi connectivity index (χ1v) is 6.67. The van der Waals surface area contributed by atoms with Gasteiger partial charge in [-0.15, -0.1) is 0 Å². The molecule has 0 aliphatic rings. The molecule has 1 rings (SSSR count). The highest BCUT2D eigenvalue weighted by Gasteiger charge is 2.14. The van der Waals surface area contributed by atoms with Gasteiger partial charge >= 0.3 is 5.97 Å². The fourth-order valence-corrected chi connectivity index (χ4v) is 1.84. The van der Waals surface area contributed by atoms with E-state index < -0.39 is 10.9 Å². The van der Waals surface area contributed by atoms with Gasteiger partial charge in [0.25, 0.3) is 11.6 Å². The molecule has 7 nitrogen and oxygen atoms in total. The Morgan fingerprint density at radius 3 is 2.62 bits per heavy atom. The lowest BCUT2D eigenvalue weighted by molar-refractivity contribution is -0.384. The van der Waals surface area contributed by atoms with E-state index in [1.807, 2.05) is 0 Å². The van der Waals surface area contributed by atoms with Crippen molar-refractivity contribution in [3.8, 4) is 0 Å². The van der Waals surface area contributed by atoms with E-state index in [0.29, 0.717) is 31.4 Å². The van der Waals surface area contributed by atoms with Gasteiger partial charge in [-0.05, 0) is 25.3 Å². The van der Waals surface area contributed by atoms with Crippen LogP contribution in [-0.2, 0) is 4.79 Å². The molecule has 0 atom stereocenters. The highest BCUT2D eigenvalue weighted by atomic mass is 16.6. The smallest absolute Gasteiger partial charge is 0.303 e. The van der Waals surface area contributed by atoms with Gasteiger partial charge in [-0.2, -0.15) is 0 Å². The van der Waals surface area contributed by atoms with Gasteiger partial charge < -0.3 is 10.4 Å². The van der Waals surface area contributed by atoms with Crippen molar-refractivity contribution in [2.45, 2.75) is 32.6 Å². The number of hydrogen-bond acceptors (Lipinski definition) is 4. The topological polar surface area (TPSA) is 110 Å². The van der Waals surface area contributed by atoms with Crippen LogP contribution in [0.2, 0.25) is 0 Å². The van der Waals surface area contributed by atoms with Crippen LogP contribution in [-0.4, -0.2) is 28.5 Å². The Bertz CT molecular complexity index is 542. The normalized spacial score (nSPS) is 10.1. The molecule has 1 amide bonds. The summed E-state index contributed by atoms with van der Waals surface area (Å²) in [5.41, 5.74) is 0.839. The molecule has 0 aromatic heterocycles. The van der Waals surface area contributed by atoms with E-state index in [4.69, 9.17) is 5.11 Å². The quantitative estimate of drug-likeness (QED) is 0.434. The van der Waals surface area contributed by atoms with Gasteiger partial charge in [-0.25, -0.2) is 0 Å². The molecule has 0 unspecified atom stereocenters. The standard InChI is InChI=1S/C14H18N2O5/c1-10-6-7-11(16(20)21)9-12(10)14(19)15-8-4-2-3-5-13(17)18/h6-7,9H,2-5,8H2,1H3,(H,15,19)(H,17,18). The molecule has 1 aromatic rings. The zero-order valence-electron chi connectivity index (χ0n) is 11.8. The average Bonchev–Trinajstić information content (AvgIpc) is 2.42. The van der Waals surface area contributed by atoms with Crippen LogP contribution in [0, 0.1) is 17.0 Å². The molecule has 0 aliphatic heterocycles. The second-order valence-corrected chi connectivity index (χ2v) is 4.72. The van der Waals surface area contributed by atoms with Gasteiger partial charge in [-0.3, -0.25) is 19.7 Å². The summed E-state index contributed by atoms with van der Waals surface area (Å²) in [5, 5.41) is 21.9. The Morgan fingerprint density at radius 1 is 1.29 bits per heavy atom. The summed E-state index contributed by atoms with van der Waals surface area (Å²) >= 11 is 0. The van der Waals surface area contributed by atoms with Crippen molar-refractivity contribution in [1.82, 2.24) is 5.32 Å². The number of nitro benzene ring substituents is 1. The third-order valence-corrected chi connectivity index (χ3v) is 3.03. The number of carbonyl (C=O) groups excluding carboxylic acids is 1. The van der Waals surface area contributed by atoms with Crippen LogP contribution in [0.1, 0.15) is 41.6 Å². The maximum atomic E-state index is 12.0. The molecule has 0 saturated carbocycles. The summed E-state index contributed by atoms with van der Waals surface area (Å²) in [4.78, 5) is 32.4. The van der Waals surface area contributed by atoms with Crippen LogP contribution in [0.4, 0.5) is 5.69 Å². The van der Waals surface area contributed by atoms with Gasteiger partial charge in [0.05, 0.1) is 4.92 Å². The number of carboxylic acids is 1. The number of nitro groups is 1. The number of amides is 1. The predicted octanol–water partition coefficient (Wildman–Crippen LogP) is 2.28. The number of nitrogens with one attached hydrogen (secondary N) is 1. The van der Waals surface area contributed by atoms with Crippen LogP contribution in [0.15, 0.2) is 18.2 Å². The van der Waals surface area contributed by atoms with Crippen LogP contribution in [0.25, 0.3) is 0 Å². The lowest BCUT2D eigenvalue weighted by atomic mass is 10.1. The molecule has 1 aromatic carbocycles. The van der Waals surface area contributed by atoms with Gasteiger partial charge in [-0.1, -0.05) is 12.5 Å². The Labute approximate surface area is 122 Å². The third kappa shape index (κ3) is 5.60. The van der Waals surface area contributed by atoms with Crippen LogP contribution < -0.4 is 5.32 Å². The summed E-state index contributed by atoms with van der Waals surface area (Å²) in [6, 6.07) is 4.16. The number of benzene rings is 1. The first kappa shape index (κ1) is 16.6. The van der Waals surface area contributed by atoms with E-state index in [-0.39, 0.29) is 23.6 Å². The number of aliphatic carboxylic acids is 1. The first-order valence-electron chi connectivity index (χ1n) is 6.67. The molecule has 0 aliphatic carbocycles. The van der Waals surface area contributed by atoms with Crippen molar-refractivity contribution < 1.29 is 19.6 Å².